The molecule has 1 saturated carbocycles. The van der Waals surface area contributed by atoms with Crippen molar-refractivity contribution >= 4 is 23.3 Å². The molecule has 1 aromatic rings. The summed E-state index contributed by atoms with van der Waals surface area (Å²) in [6, 6.07) is 4.34. The summed E-state index contributed by atoms with van der Waals surface area (Å²) >= 11 is 0. The lowest BCUT2D eigenvalue weighted by molar-refractivity contribution is -0.120. The molecule has 4 N–H and O–H groups in total. The van der Waals surface area contributed by atoms with Crippen LogP contribution in [-0.4, -0.2) is 17.0 Å². The number of aromatic carboxylic acids is 1. The van der Waals surface area contributed by atoms with Gasteiger partial charge in [0, 0.05) is 5.92 Å². The second-order valence-electron chi connectivity index (χ2n) is 4.93. The normalized spacial score (nSPS) is 16.0. The van der Waals surface area contributed by atoms with E-state index < -0.39 is 5.97 Å². The lowest BCUT2D eigenvalue weighted by Gasteiger charge is -2.21. The third kappa shape index (κ3) is 3.24. The lowest BCUT2D eigenvalue weighted by Crippen LogP contribution is -2.25. The summed E-state index contributed by atoms with van der Waals surface area (Å²) in [5.74, 6) is -1.00. The van der Waals surface area contributed by atoms with Crippen molar-refractivity contribution in [3.63, 3.8) is 0 Å². The first-order valence-electron chi connectivity index (χ1n) is 6.51. The molecule has 0 saturated heterocycles. The highest BCUT2D eigenvalue weighted by Crippen LogP contribution is 2.26. The Balaban J connectivity index is 2.06. The van der Waals surface area contributed by atoms with Gasteiger partial charge in [0.25, 0.3) is 0 Å². The van der Waals surface area contributed by atoms with Crippen LogP contribution in [0.3, 0.4) is 0 Å². The van der Waals surface area contributed by atoms with Gasteiger partial charge in [0.1, 0.15) is 0 Å². The number of anilines is 2. The van der Waals surface area contributed by atoms with Crippen molar-refractivity contribution in [1.29, 1.82) is 0 Å². The van der Waals surface area contributed by atoms with Crippen LogP contribution in [0.4, 0.5) is 11.4 Å². The highest BCUT2D eigenvalue weighted by Gasteiger charge is 2.21. The molecule has 0 radical (unpaired) electrons. The van der Waals surface area contributed by atoms with Gasteiger partial charge < -0.3 is 16.2 Å². The molecule has 0 aromatic heterocycles. The molecule has 1 amide bonds. The molecular formula is C14H18N2O3. The van der Waals surface area contributed by atoms with Crippen LogP contribution in [-0.2, 0) is 4.79 Å². The van der Waals surface area contributed by atoms with Crippen LogP contribution in [0.15, 0.2) is 18.2 Å². The van der Waals surface area contributed by atoms with Gasteiger partial charge in [-0.15, -0.1) is 0 Å². The molecule has 0 aliphatic heterocycles. The van der Waals surface area contributed by atoms with E-state index in [1.54, 1.807) is 6.07 Å². The monoisotopic (exact) mass is 262 g/mol. The molecule has 1 aromatic carbocycles. The number of benzene rings is 1. The number of amides is 1. The number of hydrogen-bond donors (Lipinski definition) is 3. The van der Waals surface area contributed by atoms with Gasteiger partial charge in [0.05, 0.1) is 16.9 Å². The molecule has 0 unspecified atom stereocenters. The van der Waals surface area contributed by atoms with Crippen molar-refractivity contribution in [3.8, 4) is 0 Å². The Labute approximate surface area is 111 Å². The van der Waals surface area contributed by atoms with Gasteiger partial charge in [-0.25, -0.2) is 4.79 Å². The smallest absolute Gasteiger partial charge is 0.335 e. The fourth-order valence-electron chi connectivity index (χ4n) is 2.41. The number of carboxylic acid groups (broad SMARTS) is 1. The zero-order valence-electron chi connectivity index (χ0n) is 10.7. The molecular weight excluding hydrogens is 244 g/mol. The van der Waals surface area contributed by atoms with Gasteiger partial charge in [-0.2, -0.15) is 0 Å². The second kappa shape index (κ2) is 5.73. The van der Waals surface area contributed by atoms with E-state index in [0.717, 1.165) is 25.7 Å². The van der Waals surface area contributed by atoms with Crippen molar-refractivity contribution < 1.29 is 14.7 Å². The number of carboxylic acids is 1. The first-order valence-corrected chi connectivity index (χ1v) is 6.51. The Kier molecular flexibility index (Phi) is 4.04. The minimum Gasteiger partial charge on any atom is -0.478 e. The summed E-state index contributed by atoms with van der Waals surface area (Å²) in [6.45, 7) is 0. The Morgan fingerprint density at radius 1 is 1.21 bits per heavy atom. The van der Waals surface area contributed by atoms with E-state index in [9.17, 15) is 9.59 Å². The number of nitrogens with one attached hydrogen (secondary N) is 1. The third-order valence-corrected chi connectivity index (χ3v) is 3.53. The molecule has 5 heteroatoms. The summed E-state index contributed by atoms with van der Waals surface area (Å²) < 4.78 is 0. The number of nitrogen functional groups attached to an aromatic ring is 1. The summed E-state index contributed by atoms with van der Waals surface area (Å²) in [6.07, 6.45) is 5.20. The third-order valence-electron chi connectivity index (χ3n) is 3.53. The van der Waals surface area contributed by atoms with Crippen LogP contribution < -0.4 is 11.1 Å². The number of rotatable bonds is 3. The molecule has 1 aliphatic carbocycles. The van der Waals surface area contributed by atoms with Crippen molar-refractivity contribution in [2.75, 3.05) is 11.1 Å². The Morgan fingerprint density at radius 3 is 2.47 bits per heavy atom. The van der Waals surface area contributed by atoms with Crippen LogP contribution in [0, 0.1) is 5.92 Å². The van der Waals surface area contributed by atoms with Crippen molar-refractivity contribution in [3.05, 3.63) is 23.8 Å². The maximum Gasteiger partial charge on any atom is 0.335 e. The van der Waals surface area contributed by atoms with E-state index in [1.807, 2.05) is 0 Å². The first kappa shape index (κ1) is 13.4. The average Bonchev–Trinajstić information content (AvgIpc) is 2.41. The first-order chi connectivity index (χ1) is 9.08. The van der Waals surface area contributed by atoms with Crippen molar-refractivity contribution in [1.82, 2.24) is 0 Å². The summed E-state index contributed by atoms with van der Waals surface area (Å²) in [5, 5.41) is 11.6. The molecule has 102 valence electrons. The van der Waals surface area contributed by atoms with Crippen LogP contribution in [0.25, 0.3) is 0 Å². The van der Waals surface area contributed by atoms with Gasteiger partial charge in [0.15, 0.2) is 0 Å². The standard InChI is InChI=1S/C14H18N2O3/c15-11-8-10(14(18)19)6-7-12(11)16-13(17)9-4-2-1-3-5-9/h6-9H,1-5,15H2,(H,16,17)(H,18,19). The van der Waals surface area contributed by atoms with E-state index in [1.165, 1.54) is 18.6 Å². The second-order valence-corrected chi connectivity index (χ2v) is 4.93. The number of carbonyl (C=O) groups is 2. The molecule has 1 aliphatic rings. The van der Waals surface area contributed by atoms with E-state index >= 15 is 0 Å². The molecule has 5 nitrogen and oxygen atoms in total. The van der Waals surface area contributed by atoms with E-state index in [-0.39, 0.29) is 23.1 Å². The van der Waals surface area contributed by atoms with Crippen molar-refractivity contribution in [2.24, 2.45) is 5.92 Å². The molecule has 0 atom stereocenters. The maximum absolute atomic E-state index is 12.1. The minimum absolute atomic E-state index is 0.0190. The number of carbonyl (C=O) groups excluding carboxylic acids is 1. The Morgan fingerprint density at radius 2 is 1.89 bits per heavy atom. The fourth-order valence-corrected chi connectivity index (χ4v) is 2.41. The van der Waals surface area contributed by atoms with Crippen molar-refractivity contribution in [2.45, 2.75) is 32.1 Å². The molecule has 0 spiro atoms. The molecule has 2 rings (SSSR count). The minimum atomic E-state index is -1.03. The Hall–Kier alpha value is -2.04. The van der Waals surface area contributed by atoms with Gasteiger partial charge in [-0.1, -0.05) is 19.3 Å². The quantitative estimate of drug-likeness (QED) is 0.730. The van der Waals surface area contributed by atoms with E-state index in [2.05, 4.69) is 5.32 Å². The predicted molar refractivity (Wildman–Crippen MR) is 73.0 cm³/mol. The molecule has 1 fully saturated rings. The summed E-state index contributed by atoms with van der Waals surface area (Å²) in [5.41, 5.74) is 6.65. The molecule has 0 heterocycles. The average molecular weight is 262 g/mol. The van der Waals surface area contributed by atoms with Crippen LogP contribution >= 0.6 is 0 Å². The SMILES string of the molecule is Nc1cc(C(=O)O)ccc1NC(=O)C1CCCCC1. The molecule has 19 heavy (non-hydrogen) atoms. The maximum atomic E-state index is 12.1. The topological polar surface area (TPSA) is 92.4 Å². The van der Waals surface area contributed by atoms with Gasteiger partial charge in [-0.05, 0) is 31.0 Å². The highest BCUT2D eigenvalue weighted by molar-refractivity contribution is 5.97. The van der Waals surface area contributed by atoms with E-state index in [4.69, 9.17) is 10.8 Å². The van der Waals surface area contributed by atoms with E-state index in [0.29, 0.717) is 5.69 Å². The lowest BCUT2D eigenvalue weighted by atomic mass is 9.88. The number of nitrogens with two attached hydrogens (primary N) is 1. The van der Waals surface area contributed by atoms with Crippen LogP contribution in [0.2, 0.25) is 0 Å². The fraction of sp³-hybridized carbons (Fsp3) is 0.429. The highest BCUT2D eigenvalue weighted by atomic mass is 16.4. The van der Waals surface area contributed by atoms with Crippen LogP contribution in [0.1, 0.15) is 42.5 Å². The number of hydrogen-bond acceptors (Lipinski definition) is 3. The van der Waals surface area contributed by atoms with Crippen LogP contribution in [0.5, 0.6) is 0 Å². The van der Waals surface area contributed by atoms with Gasteiger partial charge in [0.2, 0.25) is 5.91 Å². The predicted octanol–water partition coefficient (Wildman–Crippen LogP) is 2.49. The Bertz CT molecular complexity index is 493. The molecule has 0 bridgehead atoms. The zero-order chi connectivity index (χ0) is 13.8. The summed E-state index contributed by atoms with van der Waals surface area (Å²) in [4.78, 5) is 22.8. The zero-order valence-corrected chi connectivity index (χ0v) is 10.7. The van der Waals surface area contributed by atoms with Gasteiger partial charge in [-0.3, -0.25) is 4.79 Å². The largest absolute Gasteiger partial charge is 0.478 e. The summed E-state index contributed by atoms with van der Waals surface area (Å²) in [7, 11) is 0. The van der Waals surface area contributed by atoms with Gasteiger partial charge >= 0.3 is 5.97 Å².